The largest absolute Gasteiger partial charge is 0.395 e. The Balaban J connectivity index is 2.42. The van der Waals surface area contributed by atoms with Crippen molar-refractivity contribution in [1.29, 1.82) is 0 Å². The van der Waals surface area contributed by atoms with Crippen molar-refractivity contribution >= 4 is 0 Å². The molecule has 0 aromatic heterocycles. The standard InChI is InChI=1S/C13H27NO/c1-9(2)13(8-15)14-12-6-10(3)5-11(4)7-12/h9-15H,5-8H2,1-4H3. The maximum absolute atomic E-state index is 9.30. The van der Waals surface area contributed by atoms with Gasteiger partial charge in [-0.05, 0) is 37.0 Å². The van der Waals surface area contributed by atoms with Gasteiger partial charge in [0.25, 0.3) is 0 Å². The third-order valence-electron chi connectivity index (χ3n) is 3.63. The Kier molecular flexibility index (Phi) is 5.07. The molecule has 2 nitrogen and oxygen atoms in total. The van der Waals surface area contributed by atoms with E-state index in [-0.39, 0.29) is 12.6 Å². The van der Waals surface area contributed by atoms with Gasteiger partial charge in [-0.1, -0.05) is 27.7 Å². The molecule has 1 fully saturated rings. The minimum absolute atomic E-state index is 0.261. The fourth-order valence-electron chi connectivity index (χ4n) is 2.84. The maximum atomic E-state index is 9.30. The molecule has 1 rings (SSSR count). The van der Waals surface area contributed by atoms with Crippen LogP contribution in [0.3, 0.4) is 0 Å². The van der Waals surface area contributed by atoms with Crippen molar-refractivity contribution in [1.82, 2.24) is 5.32 Å². The first-order valence-corrected chi connectivity index (χ1v) is 6.39. The summed E-state index contributed by atoms with van der Waals surface area (Å²) in [6.07, 6.45) is 3.91. The number of nitrogens with one attached hydrogen (secondary N) is 1. The van der Waals surface area contributed by atoms with Gasteiger partial charge < -0.3 is 10.4 Å². The molecule has 0 aromatic rings. The van der Waals surface area contributed by atoms with Crippen LogP contribution in [0, 0.1) is 17.8 Å². The average molecular weight is 213 g/mol. The van der Waals surface area contributed by atoms with Crippen LogP contribution in [0.5, 0.6) is 0 Å². The number of rotatable bonds is 4. The van der Waals surface area contributed by atoms with Gasteiger partial charge >= 0.3 is 0 Å². The average Bonchev–Trinajstić information content (AvgIpc) is 2.12. The molecular formula is C13H27NO. The lowest BCUT2D eigenvalue weighted by Gasteiger charge is -2.35. The highest BCUT2D eigenvalue weighted by atomic mass is 16.3. The van der Waals surface area contributed by atoms with Crippen LogP contribution in [0.15, 0.2) is 0 Å². The minimum atomic E-state index is 0.261. The van der Waals surface area contributed by atoms with Gasteiger partial charge in [0.05, 0.1) is 6.61 Å². The SMILES string of the molecule is CC1CC(C)CC(NC(CO)C(C)C)C1. The Bertz CT molecular complexity index is 171. The lowest BCUT2D eigenvalue weighted by molar-refractivity contribution is 0.164. The van der Waals surface area contributed by atoms with Gasteiger partial charge in [0.1, 0.15) is 0 Å². The van der Waals surface area contributed by atoms with Crippen molar-refractivity contribution in [2.75, 3.05) is 6.61 Å². The molecule has 0 amide bonds. The van der Waals surface area contributed by atoms with Crippen LogP contribution in [0.1, 0.15) is 47.0 Å². The third kappa shape index (κ3) is 4.12. The highest BCUT2D eigenvalue weighted by molar-refractivity contribution is 4.83. The molecular weight excluding hydrogens is 186 g/mol. The molecule has 90 valence electrons. The van der Waals surface area contributed by atoms with Crippen LogP contribution in [0.25, 0.3) is 0 Å². The zero-order valence-corrected chi connectivity index (χ0v) is 10.7. The summed E-state index contributed by atoms with van der Waals surface area (Å²) in [4.78, 5) is 0. The maximum Gasteiger partial charge on any atom is 0.0587 e. The number of hydrogen-bond acceptors (Lipinski definition) is 2. The molecule has 15 heavy (non-hydrogen) atoms. The van der Waals surface area contributed by atoms with Gasteiger partial charge in [0.2, 0.25) is 0 Å². The van der Waals surface area contributed by atoms with Gasteiger partial charge in [-0.25, -0.2) is 0 Å². The first kappa shape index (κ1) is 13.0. The van der Waals surface area contributed by atoms with E-state index in [0.29, 0.717) is 12.0 Å². The molecule has 0 bridgehead atoms. The third-order valence-corrected chi connectivity index (χ3v) is 3.63. The summed E-state index contributed by atoms with van der Waals surface area (Å²) >= 11 is 0. The van der Waals surface area contributed by atoms with Crippen LogP contribution in [0.2, 0.25) is 0 Å². The Hall–Kier alpha value is -0.0800. The molecule has 0 aliphatic heterocycles. The van der Waals surface area contributed by atoms with Crippen LogP contribution < -0.4 is 5.32 Å². The summed E-state index contributed by atoms with van der Waals surface area (Å²) in [5, 5.41) is 12.9. The molecule has 1 aliphatic rings. The van der Waals surface area contributed by atoms with Crippen molar-refractivity contribution in [3.63, 3.8) is 0 Å². The van der Waals surface area contributed by atoms with Gasteiger partial charge in [-0.15, -0.1) is 0 Å². The lowest BCUT2D eigenvalue weighted by Crippen LogP contribution is -2.46. The first-order chi connectivity index (χ1) is 7.02. The van der Waals surface area contributed by atoms with E-state index in [0.717, 1.165) is 11.8 Å². The van der Waals surface area contributed by atoms with E-state index in [1.807, 2.05) is 0 Å². The highest BCUT2D eigenvalue weighted by Crippen LogP contribution is 2.29. The van der Waals surface area contributed by atoms with Crippen LogP contribution >= 0.6 is 0 Å². The van der Waals surface area contributed by atoms with Crippen molar-refractivity contribution in [2.45, 2.75) is 59.0 Å². The van der Waals surface area contributed by atoms with Gasteiger partial charge in [-0.3, -0.25) is 0 Å². The molecule has 3 atom stereocenters. The second kappa shape index (κ2) is 5.86. The van der Waals surface area contributed by atoms with Crippen molar-refractivity contribution in [3.05, 3.63) is 0 Å². The Morgan fingerprint density at radius 3 is 2.07 bits per heavy atom. The first-order valence-electron chi connectivity index (χ1n) is 6.39. The minimum Gasteiger partial charge on any atom is -0.395 e. The zero-order valence-electron chi connectivity index (χ0n) is 10.7. The van der Waals surface area contributed by atoms with Gasteiger partial charge in [0.15, 0.2) is 0 Å². The van der Waals surface area contributed by atoms with E-state index in [1.165, 1.54) is 19.3 Å². The topological polar surface area (TPSA) is 32.3 Å². The van der Waals surface area contributed by atoms with Crippen molar-refractivity contribution in [3.8, 4) is 0 Å². The van der Waals surface area contributed by atoms with E-state index in [4.69, 9.17) is 0 Å². The Morgan fingerprint density at radius 1 is 1.13 bits per heavy atom. The number of hydrogen-bond donors (Lipinski definition) is 2. The molecule has 2 heteroatoms. The van der Waals surface area contributed by atoms with Crippen LogP contribution in [-0.2, 0) is 0 Å². The van der Waals surface area contributed by atoms with Crippen molar-refractivity contribution < 1.29 is 5.11 Å². The second-order valence-electron chi connectivity index (χ2n) is 5.81. The summed E-state index contributed by atoms with van der Waals surface area (Å²) < 4.78 is 0. The summed E-state index contributed by atoms with van der Waals surface area (Å²) in [6.45, 7) is 9.28. The predicted molar refractivity (Wildman–Crippen MR) is 64.8 cm³/mol. The lowest BCUT2D eigenvalue weighted by atomic mass is 9.80. The van der Waals surface area contributed by atoms with Gasteiger partial charge in [-0.2, -0.15) is 0 Å². The van der Waals surface area contributed by atoms with Crippen molar-refractivity contribution in [2.24, 2.45) is 17.8 Å². The fourth-order valence-corrected chi connectivity index (χ4v) is 2.84. The second-order valence-corrected chi connectivity index (χ2v) is 5.81. The summed E-state index contributed by atoms with van der Waals surface area (Å²) in [5.41, 5.74) is 0. The summed E-state index contributed by atoms with van der Waals surface area (Å²) in [6, 6.07) is 0.885. The van der Waals surface area contributed by atoms with E-state index in [2.05, 4.69) is 33.0 Å². The normalized spacial score (nSPS) is 34.4. The molecule has 1 saturated carbocycles. The van der Waals surface area contributed by atoms with E-state index >= 15 is 0 Å². The van der Waals surface area contributed by atoms with Crippen LogP contribution in [0.4, 0.5) is 0 Å². The predicted octanol–water partition coefficient (Wildman–Crippen LogP) is 2.42. The van der Waals surface area contributed by atoms with E-state index in [1.54, 1.807) is 0 Å². The molecule has 0 aromatic carbocycles. The number of aliphatic hydroxyl groups is 1. The molecule has 3 unspecified atom stereocenters. The molecule has 2 N–H and O–H groups in total. The highest BCUT2D eigenvalue weighted by Gasteiger charge is 2.26. The monoisotopic (exact) mass is 213 g/mol. The Labute approximate surface area is 94.5 Å². The quantitative estimate of drug-likeness (QED) is 0.751. The van der Waals surface area contributed by atoms with E-state index < -0.39 is 0 Å². The zero-order chi connectivity index (χ0) is 11.4. The molecule has 0 heterocycles. The molecule has 0 saturated heterocycles. The summed E-state index contributed by atoms with van der Waals surface area (Å²) in [5.74, 6) is 2.18. The molecule has 0 spiro atoms. The fraction of sp³-hybridized carbons (Fsp3) is 1.00. The Morgan fingerprint density at radius 2 is 1.67 bits per heavy atom. The van der Waals surface area contributed by atoms with Crippen LogP contribution in [-0.4, -0.2) is 23.8 Å². The molecule has 0 radical (unpaired) electrons. The summed E-state index contributed by atoms with van der Waals surface area (Å²) in [7, 11) is 0. The van der Waals surface area contributed by atoms with E-state index in [9.17, 15) is 5.11 Å². The smallest absolute Gasteiger partial charge is 0.0587 e. The van der Waals surface area contributed by atoms with Gasteiger partial charge in [0, 0.05) is 12.1 Å². The number of aliphatic hydroxyl groups excluding tert-OH is 1. The molecule has 1 aliphatic carbocycles.